The smallest absolute Gasteiger partial charge is 0.191 e. The highest BCUT2D eigenvalue weighted by molar-refractivity contribution is 5.80. The lowest BCUT2D eigenvalue weighted by atomic mass is 9.82. The fourth-order valence-corrected chi connectivity index (χ4v) is 4.41. The van der Waals surface area contributed by atoms with Gasteiger partial charge in [-0.05, 0) is 57.4 Å². The highest BCUT2D eigenvalue weighted by atomic mass is 19.1. The number of rotatable bonds is 6. The molecule has 2 bridgehead atoms. The highest BCUT2D eigenvalue weighted by Crippen LogP contribution is 2.32. The van der Waals surface area contributed by atoms with Crippen LogP contribution in [0.1, 0.15) is 50.2 Å². The molecule has 0 radical (unpaired) electrons. The van der Waals surface area contributed by atoms with E-state index >= 15 is 0 Å². The van der Waals surface area contributed by atoms with E-state index in [9.17, 15) is 4.39 Å². The first-order valence-corrected chi connectivity index (χ1v) is 10.1. The second-order valence-corrected chi connectivity index (χ2v) is 7.77. The lowest BCUT2D eigenvalue weighted by molar-refractivity contribution is 0.0526. The zero-order chi connectivity index (χ0) is 19.2. The van der Waals surface area contributed by atoms with E-state index in [0.717, 1.165) is 18.1 Å². The van der Waals surface area contributed by atoms with Crippen molar-refractivity contribution < 1.29 is 9.13 Å². The molecule has 2 aliphatic heterocycles. The molecule has 2 aliphatic rings. The number of benzene rings is 1. The van der Waals surface area contributed by atoms with Crippen LogP contribution in [0.5, 0.6) is 0 Å². The molecule has 2 fully saturated rings. The summed E-state index contributed by atoms with van der Waals surface area (Å²) in [7, 11) is 3.85. The van der Waals surface area contributed by atoms with Gasteiger partial charge in [-0.3, -0.25) is 0 Å². The molecule has 1 aromatic carbocycles. The van der Waals surface area contributed by atoms with E-state index in [1.165, 1.54) is 38.2 Å². The molecule has 6 heteroatoms. The number of guanidine groups is 1. The normalized spacial score (nSPS) is 26.1. The number of halogens is 1. The largest absolute Gasteiger partial charge is 0.380 e. The first-order valence-electron chi connectivity index (χ1n) is 10.1. The Morgan fingerprint density at radius 1 is 1.30 bits per heavy atom. The molecule has 150 valence electrons. The number of nitrogens with one attached hydrogen (secondary N) is 2. The molecule has 0 spiro atoms. The number of hydrogen-bond donors (Lipinski definition) is 2. The maximum absolute atomic E-state index is 13.8. The van der Waals surface area contributed by atoms with Crippen molar-refractivity contribution in [1.82, 2.24) is 15.5 Å². The van der Waals surface area contributed by atoms with Crippen LogP contribution in [-0.2, 0) is 17.9 Å². The van der Waals surface area contributed by atoms with Gasteiger partial charge in [0.05, 0.1) is 13.2 Å². The van der Waals surface area contributed by atoms with Crippen molar-refractivity contribution in [2.24, 2.45) is 4.99 Å². The first kappa shape index (κ1) is 20.1. The van der Waals surface area contributed by atoms with Crippen LogP contribution in [0.2, 0.25) is 0 Å². The van der Waals surface area contributed by atoms with Crippen LogP contribution in [0.15, 0.2) is 23.2 Å². The number of piperidine rings is 2. The van der Waals surface area contributed by atoms with Crippen molar-refractivity contribution in [3.05, 3.63) is 35.1 Å². The SMILES string of the molecule is CCNC(=NCc1ccc(F)c(COC)c1)NC1CC2CCCC(C1)N2C. The summed E-state index contributed by atoms with van der Waals surface area (Å²) < 4.78 is 18.9. The molecule has 0 amide bonds. The number of hydrogen-bond acceptors (Lipinski definition) is 3. The molecule has 3 rings (SSSR count). The molecule has 2 heterocycles. The van der Waals surface area contributed by atoms with E-state index in [1.807, 2.05) is 6.07 Å². The molecular formula is C21H33FN4O. The standard InChI is InChI=1S/C21H33FN4O/c1-4-23-21(24-13-15-8-9-20(22)16(10-15)14-27-3)25-17-11-18-6-5-7-19(12-17)26(18)2/h8-10,17-19H,4-7,11-14H2,1-3H3,(H2,23,24,25). The van der Waals surface area contributed by atoms with Gasteiger partial charge in [-0.1, -0.05) is 12.5 Å². The third kappa shape index (κ3) is 5.20. The summed E-state index contributed by atoms with van der Waals surface area (Å²) >= 11 is 0. The summed E-state index contributed by atoms with van der Waals surface area (Å²) in [5.41, 5.74) is 1.56. The molecule has 5 nitrogen and oxygen atoms in total. The minimum atomic E-state index is -0.229. The van der Waals surface area contributed by atoms with E-state index < -0.39 is 0 Å². The Morgan fingerprint density at radius 3 is 2.70 bits per heavy atom. The van der Waals surface area contributed by atoms with Crippen molar-refractivity contribution in [1.29, 1.82) is 0 Å². The van der Waals surface area contributed by atoms with Gasteiger partial charge in [-0.25, -0.2) is 9.38 Å². The summed E-state index contributed by atoms with van der Waals surface area (Å²) in [6.45, 7) is 3.70. The Labute approximate surface area is 162 Å². The van der Waals surface area contributed by atoms with Gasteiger partial charge in [0.25, 0.3) is 0 Å². The van der Waals surface area contributed by atoms with E-state index in [0.29, 0.717) is 30.2 Å². The second kappa shape index (κ2) is 9.51. The summed E-state index contributed by atoms with van der Waals surface area (Å²) in [5.74, 6) is 0.621. The monoisotopic (exact) mass is 376 g/mol. The number of fused-ring (bicyclic) bond motifs is 2. The Bertz CT molecular complexity index is 637. The average Bonchev–Trinajstić information content (AvgIpc) is 2.63. The molecule has 2 saturated heterocycles. The minimum Gasteiger partial charge on any atom is -0.380 e. The lowest BCUT2D eigenvalue weighted by Gasteiger charge is -2.47. The summed E-state index contributed by atoms with van der Waals surface area (Å²) in [6.07, 6.45) is 6.31. The topological polar surface area (TPSA) is 48.9 Å². The molecular weight excluding hydrogens is 343 g/mol. The van der Waals surface area contributed by atoms with E-state index in [2.05, 4.69) is 29.5 Å². The van der Waals surface area contributed by atoms with Crippen molar-refractivity contribution in [2.75, 3.05) is 20.7 Å². The molecule has 0 aliphatic carbocycles. The number of aliphatic imine (C=N–C) groups is 1. The third-order valence-corrected chi connectivity index (χ3v) is 5.85. The first-order chi connectivity index (χ1) is 13.1. The third-order valence-electron chi connectivity index (χ3n) is 5.85. The molecule has 2 N–H and O–H groups in total. The Kier molecular flexibility index (Phi) is 7.07. The molecule has 2 atom stereocenters. The molecule has 1 aromatic rings. The maximum Gasteiger partial charge on any atom is 0.191 e. The van der Waals surface area contributed by atoms with Crippen LogP contribution in [0.4, 0.5) is 4.39 Å². The molecule has 0 aromatic heterocycles. The van der Waals surface area contributed by atoms with Crippen molar-refractivity contribution in [2.45, 2.75) is 70.3 Å². The average molecular weight is 377 g/mol. The second-order valence-electron chi connectivity index (χ2n) is 7.77. The Morgan fingerprint density at radius 2 is 2.04 bits per heavy atom. The van der Waals surface area contributed by atoms with Crippen LogP contribution in [0.3, 0.4) is 0 Å². The Hall–Kier alpha value is -1.66. The van der Waals surface area contributed by atoms with Gasteiger partial charge in [0.1, 0.15) is 5.82 Å². The van der Waals surface area contributed by atoms with Gasteiger partial charge in [0.2, 0.25) is 0 Å². The summed E-state index contributed by atoms with van der Waals surface area (Å²) in [6, 6.07) is 6.97. The number of ether oxygens (including phenoxy) is 1. The fraction of sp³-hybridized carbons (Fsp3) is 0.667. The zero-order valence-electron chi connectivity index (χ0n) is 16.8. The van der Waals surface area contributed by atoms with Gasteiger partial charge in [-0.15, -0.1) is 0 Å². The van der Waals surface area contributed by atoms with Crippen LogP contribution in [-0.4, -0.2) is 49.7 Å². The van der Waals surface area contributed by atoms with Crippen LogP contribution < -0.4 is 10.6 Å². The Balaban J connectivity index is 1.64. The number of nitrogens with zero attached hydrogens (tertiary/aromatic N) is 2. The van der Waals surface area contributed by atoms with Gasteiger partial charge >= 0.3 is 0 Å². The highest BCUT2D eigenvalue weighted by Gasteiger charge is 2.36. The summed E-state index contributed by atoms with van der Waals surface area (Å²) in [4.78, 5) is 7.31. The van der Waals surface area contributed by atoms with Crippen molar-refractivity contribution in [3.63, 3.8) is 0 Å². The van der Waals surface area contributed by atoms with Crippen LogP contribution in [0.25, 0.3) is 0 Å². The maximum atomic E-state index is 13.8. The van der Waals surface area contributed by atoms with Crippen LogP contribution in [0, 0.1) is 5.82 Å². The van der Waals surface area contributed by atoms with E-state index in [4.69, 9.17) is 9.73 Å². The van der Waals surface area contributed by atoms with Gasteiger partial charge in [-0.2, -0.15) is 0 Å². The van der Waals surface area contributed by atoms with Gasteiger partial charge < -0.3 is 20.3 Å². The van der Waals surface area contributed by atoms with E-state index in [-0.39, 0.29) is 12.4 Å². The molecule has 2 unspecified atom stereocenters. The van der Waals surface area contributed by atoms with E-state index in [1.54, 1.807) is 13.2 Å². The van der Waals surface area contributed by atoms with Gasteiger partial charge in [0.15, 0.2) is 5.96 Å². The predicted octanol–water partition coefficient (Wildman–Crippen LogP) is 3.04. The van der Waals surface area contributed by atoms with Crippen molar-refractivity contribution >= 4 is 5.96 Å². The molecule has 0 saturated carbocycles. The van der Waals surface area contributed by atoms with Crippen LogP contribution >= 0.6 is 0 Å². The lowest BCUT2D eigenvalue weighted by Crippen LogP contribution is -2.56. The zero-order valence-corrected chi connectivity index (χ0v) is 16.8. The fourth-order valence-electron chi connectivity index (χ4n) is 4.41. The van der Waals surface area contributed by atoms with Gasteiger partial charge in [0, 0.05) is 37.3 Å². The van der Waals surface area contributed by atoms with Crippen molar-refractivity contribution in [3.8, 4) is 0 Å². The predicted molar refractivity (Wildman–Crippen MR) is 107 cm³/mol. The quantitative estimate of drug-likeness (QED) is 0.592. The molecule has 27 heavy (non-hydrogen) atoms. The summed E-state index contributed by atoms with van der Waals surface area (Å²) in [5, 5.41) is 7.00. The number of methoxy groups -OCH3 is 1. The minimum absolute atomic E-state index is 0.229.